The van der Waals surface area contributed by atoms with Gasteiger partial charge in [0.25, 0.3) is 0 Å². The zero-order valence-electron chi connectivity index (χ0n) is 49.2. The van der Waals surface area contributed by atoms with Crippen molar-refractivity contribution >= 4 is 68.2 Å². The molecule has 0 saturated heterocycles. The van der Waals surface area contributed by atoms with Crippen molar-refractivity contribution in [1.29, 1.82) is 0 Å². The van der Waals surface area contributed by atoms with E-state index in [9.17, 15) is 0 Å². The summed E-state index contributed by atoms with van der Waals surface area (Å²) in [5, 5.41) is 0. The van der Waals surface area contributed by atoms with E-state index in [1.165, 1.54) is 11.1 Å². The zero-order chi connectivity index (χ0) is 59.6. The van der Waals surface area contributed by atoms with Gasteiger partial charge in [-0.1, -0.05) is 243 Å². The number of hydrogen-bond donors (Lipinski definition) is 0. The fourth-order valence-corrected chi connectivity index (χ4v) is 12.6. The molecule has 0 atom stereocenters. The van der Waals surface area contributed by atoms with Gasteiger partial charge in [0.05, 0.1) is 5.41 Å². The van der Waals surface area contributed by atoms with Gasteiger partial charge in [-0.15, -0.1) is 0 Å². The van der Waals surface area contributed by atoms with E-state index < -0.39 is 5.41 Å². The minimum Gasteiger partial charge on any atom is -0.311 e. The molecule has 0 saturated carbocycles. The van der Waals surface area contributed by atoms with E-state index in [0.717, 1.165) is 102 Å². The van der Waals surface area contributed by atoms with Gasteiger partial charge in [0.15, 0.2) is 0 Å². The first-order chi connectivity index (χ1) is 44.2. The SMILES string of the molecule is c1ccc(N(c2ccccc2)c2ccc(-c3ccc(N(c4ccccc4)c4ccc(C(c5ccccc5)(c5ccccc5)c5ccc(N(c6ccccc6)c6ccc(-c7ccc(N(c8ccccc8)c8ccccc8)cc7)cc6)cc5)cc4)cc3)cc2)cc1. The molecule has 0 spiro atoms. The van der Waals surface area contributed by atoms with E-state index in [4.69, 9.17) is 0 Å². The van der Waals surface area contributed by atoms with Crippen LogP contribution >= 0.6 is 0 Å². The molecule has 0 amide bonds. The lowest BCUT2D eigenvalue weighted by atomic mass is 9.65. The van der Waals surface area contributed by atoms with Crippen LogP contribution in [0.4, 0.5) is 68.2 Å². The summed E-state index contributed by atoms with van der Waals surface area (Å²) in [5.74, 6) is 0. The maximum atomic E-state index is 2.35. The predicted molar refractivity (Wildman–Crippen MR) is 374 cm³/mol. The Kier molecular flexibility index (Phi) is 15.8. The third-order valence-electron chi connectivity index (χ3n) is 16.8. The van der Waals surface area contributed by atoms with Crippen molar-refractivity contribution in [3.8, 4) is 22.3 Å². The Morgan fingerprint density at radius 3 is 0.438 bits per heavy atom. The van der Waals surface area contributed by atoms with E-state index in [2.05, 4.69) is 408 Å². The van der Waals surface area contributed by atoms with Crippen LogP contribution in [0.1, 0.15) is 22.3 Å². The highest BCUT2D eigenvalue weighted by Gasteiger charge is 2.38. The van der Waals surface area contributed by atoms with E-state index in [1.54, 1.807) is 0 Å². The fraction of sp³-hybridized carbons (Fsp3) is 0.0118. The predicted octanol–water partition coefficient (Wildman–Crippen LogP) is 23.3. The van der Waals surface area contributed by atoms with Gasteiger partial charge in [0, 0.05) is 68.2 Å². The number of para-hydroxylation sites is 6. The van der Waals surface area contributed by atoms with Gasteiger partial charge < -0.3 is 19.6 Å². The van der Waals surface area contributed by atoms with Crippen LogP contribution in [0.25, 0.3) is 22.3 Å². The lowest BCUT2D eigenvalue weighted by Gasteiger charge is -2.37. The van der Waals surface area contributed by atoms with Crippen molar-refractivity contribution < 1.29 is 0 Å². The molecule has 14 aromatic rings. The van der Waals surface area contributed by atoms with Gasteiger partial charge in [0.2, 0.25) is 0 Å². The van der Waals surface area contributed by atoms with Gasteiger partial charge in [-0.2, -0.15) is 0 Å². The molecule has 0 aromatic heterocycles. The first kappa shape index (κ1) is 55.2. The van der Waals surface area contributed by atoms with E-state index in [-0.39, 0.29) is 0 Å². The van der Waals surface area contributed by atoms with Crippen LogP contribution in [0, 0.1) is 0 Å². The Labute approximate surface area is 523 Å². The van der Waals surface area contributed by atoms with E-state index in [1.807, 2.05) is 0 Å². The minimum absolute atomic E-state index is 0.679. The van der Waals surface area contributed by atoms with E-state index in [0.29, 0.717) is 0 Å². The third-order valence-corrected chi connectivity index (χ3v) is 16.8. The molecule has 0 bridgehead atoms. The molecule has 89 heavy (non-hydrogen) atoms. The molecule has 4 nitrogen and oxygen atoms in total. The number of hydrogen-bond acceptors (Lipinski definition) is 4. The largest absolute Gasteiger partial charge is 0.311 e. The second-order valence-electron chi connectivity index (χ2n) is 22.1. The van der Waals surface area contributed by atoms with Gasteiger partial charge in [-0.3, -0.25) is 0 Å². The smallest absolute Gasteiger partial charge is 0.0701 e. The molecule has 0 aliphatic carbocycles. The molecule has 14 aromatic carbocycles. The summed E-state index contributed by atoms with van der Waals surface area (Å²) in [6.07, 6.45) is 0. The monoisotopic (exact) mass is 1140 g/mol. The molecule has 0 unspecified atom stereocenters. The van der Waals surface area contributed by atoms with Crippen LogP contribution in [0.2, 0.25) is 0 Å². The summed E-state index contributed by atoms with van der Waals surface area (Å²) in [6, 6.07) is 140. The molecule has 0 heterocycles. The number of anilines is 12. The van der Waals surface area contributed by atoms with Crippen molar-refractivity contribution in [2.24, 2.45) is 0 Å². The molecule has 0 fully saturated rings. The van der Waals surface area contributed by atoms with Crippen LogP contribution in [0.15, 0.2) is 388 Å². The Balaban J connectivity index is 0.786. The topological polar surface area (TPSA) is 13.0 Å². The summed E-state index contributed by atoms with van der Waals surface area (Å²) >= 11 is 0. The molecule has 0 aliphatic rings. The quantitative estimate of drug-likeness (QED) is 0.0794. The normalized spacial score (nSPS) is 11.1. The minimum atomic E-state index is -0.679. The lowest BCUT2D eigenvalue weighted by molar-refractivity contribution is 0.745. The van der Waals surface area contributed by atoms with Crippen molar-refractivity contribution in [3.05, 3.63) is 411 Å². The highest BCUT2D eigenvalue weighted by Crippen LogP contribution is 2.48. The zero-order valence-corrected chi connectivity index (χ0v) is 49.2. The van der Waals surface area contributed by atoms with Crippen LogP contribution in [-0.2, 0) is 5.41 Å². The van der Waals surface area contributed by atoms with Gasteiger partial charge in [-0.05, 0) is 190 Å². The third kappa shape index (κ3) is 11.4. The maximum Gasteiger partial charge on any atom is 0.0701 e. The number of rotatable bonds is 18. The summed E-state index contributed by atoms with van der Waals surface area (Å²) in [7, 11) is 0. The highest BCUT2D eigenvalue weighted by molar-refractivity contribution is 5.84. The second-order valence-corrected chi connectivity index (χ2v) is 22.1. The molecular weight excluding hydrogens is 1080 g/mol. The molecule has 0 N–H and O–H groups in total. The highest BCUT2D eigenvalue weighted by atomic mass is 15.2. The summed E-state index contributed by atoms with van der Waals surface area (Å²) in [5.41, 5.74) is 21.7. The summed E-state index contributed by atoms with van der Waals surface area (Å²) in [4.78, 5) is 9.29. The second kappa shape index (κ2) is 25.5. The van der Waals surface area contributed by atoms with Gasteiger partial charge in [-0.25, -0.2) is 0 Å². The number of nitrogens with zero attached hydrogens (tertiary/aromatic N) is 4. The Morgan fingerprint density at radius 2 is 0.258 bits per heavy atom. The van der Waals surface area contributed by atoms with Crippen LogP contribution < -0.4 is 19.6 Å². The van der Waals surface area contributed by atoms with Crippen molar-refractivity contribution in [3.63, 3.8) is 0 Å². The van der Waals surface area contributed by atoms with E-state index >= 15 is 0 Å². The van der Waals surface area contributed by atoms with Gasteiger partial charge >= 0.3 is 0 Å². The molecular formula is C85H64N4. The molecule has 14 rings (SSSR count). The summed E-state index contributed by atoms with van der Waals surface area (Å²) < 4.78 is 0. The van der Waals surface area contributed by atoms with Crippen LogP contribution in [0.5, 0.6) is 0 Å². The van der Waals surface area contributed by atoms with Gasteiger partial charge in [0.1, 0.15) is 0 Å². The molecule has 424 valence electrons. The van der Waals surface area contributed by atoms with Crippen LogP contribution in [-0.4, -0.2) is 0 Å². The molecule has 4 heteroatoms. The van der Waals surface area contributed by atoms with Crippen molar-refractivity contribution in [2.45, 2.75) is 5.41 Å². The average Bonchev–Trinajstić information content (AvgIpc) is 1.03. The fourth-order valence-electron chi connectivity index (χ4n) is 12.6. The first-order valence-corrected chi connectivity index (χ1v) is 30.4. The summed E-state index contributed by atoms with van der Waals surface area (Å²) in [6.45, 7) is 0. The van der Waals surface area contributed by atoms with Crippen molar-refractivity contribution in [1.82, 2.24) is 0 Å². The average molecular weight is 1140 g/mol. The maximum absolute atomic E-state index is 2.35. The molecule has 0 radical (unpaired) electrons. The number of benzene rings is 14. The Bertz CT molecular complexity index is 4120. The molecule has 0 aliphatic heterocycles. The van der Waals surface area contributed by atoms with Crippen LogP contribution in [0.3, 0.4) is 0 Å². The standard InChI is InChI=1S/C85H64N4/c1-9-25-69(26-10-1)85(70-27-11-2-12-28-70,71-49-61-83(62-50-71)88(77-37-21-7-22-38-77)81-57-45-67(46-58-81)65-41-53-79(54-42-65)86(73-29-13-3-14-30-73)74-31-15-4-16-32-74)72-51-63-84(64-52-72)89(78-39-23-8-24-40-78)82-59-47-68(48-60-82)66-43-55-80(56-44-66)87(75-33-17-5-18-34-75)76-35-19-6-20-36-76/h1-64H. The Morgan fingerprint density at radius 1 is 0.124 bits per heavy atom. The van der Waals surface area contributed by atoms with Crippen molar-refractivity contribution in [2.75, 3.05) is 19.6 Å². The lowest BCUT2D eigenvalue weighted by Crippen LogP contribution is -2.31. The Hall–Kier alpha value is -11.7. The first-order valence-electron chi connectivity index (χ1n) is 30.4.